The SMILES string of the molecule is CCCCCCCCCCCCCCCCCC(=O)OC[C@H](COP(=O)(O)OC[C@@H](O)COP(=O)(O)OC[C@@H](COC(=O)CCCCCCCCCCCC(C)C)OC(=O)CCCCCCCCCCCC(C)C)OC(=O)CCCCCCCCCCCCCCCC(C)C. The van der Waals surface area contributed by atoms with Crippen molar-refractivity contribution in [1.82, 2.24) is 0 Å². The zero-order valence-corrected chi connectivity index (χ0v) is 63.9. The molecule has 0 aliphatic carbocycles. The summed E-state index contributed by atoms with van der Waals surface area (Å²) >= 11 is 0. The Balaban J connectivity index is 5.26. The van der Waals surface area contributed by atoms with Crippen molar-refractivity contribution in [3.63, 3.8) is 0 Å². The lowest BCUT2D eigenvalue weighted by Gasteiger charge is -2.21. The van der Waals surface area contributed by atoms with E-state index in [4.69, 9.17) is 37.0 Å². The average molecular weight is 1400 g/mol. The van der Waals surface area contributed by atoms with Gasteiger partial charge >= 0.3 is 39.5 Å². The standard InChI is InChI=1S/C76H148O17P2/c1-8-9-10-11-12-13-14-15-16-19-22-29-36-43-50-57-73(78)86-63-71(92-75(80)59-52-45-38-30-23-20-17-18-21-26-33-40-47-54-67(2)3)65-90-94(82,83)88-61-70(77)62-89-95(84,85)91-66-72(93-76(81)60-53-46-39-32-25-28-35-42-49-56-69(6)7)64-87-74(79)58-51-44-37-31-24-27-34-41-48-55-68(4)5/h67-72,77H,8-66H2,1-7H3,(H,82,83)(H,84,85)/t70-,71-,72-/m1/s1. The van der Waals surface area contributed by atoms with Crippen LogP contribution in [0.3, 0.4) is 0 Å². The van der Waals surface area contributed by atoms with Crippen LogP contribution in [-0.2, 0) is 65.4 Å². The summed E-state index contributed by atoms with van der Waals surface area (Å²) in [6.45, 7) is 11.9. The molecule has 95 heavy (non-hydrogen) atoms. The van der Waals surface area contributed by atoms with Gasteiger partial charge in [0.2, 0.25) is 0 Å². The third kappa shape index (κ3) is 70.3. The van der Waals surface area contributed by atoms with E-state index >= 15 is 0 Å². The minimum absolute atomic E-state index is 0.105. The molecule has 0 fully saturated rings. The van der Waals surface area contributed by atoms with Gasteiger partial charge in [-0.25, -0.2) is 9.13 Å². The van der Waals surface area contributed by atoms with Gasteiger partial charge in [-0.15, -0.1) is 0 Å². The summed E-state index contributed by atoms with van der Waals surface area (Å²) in [4.78, 5) is 72.8. The van der Waals surface area contributed by atoms with Crippen LogP contribution >= 0.6 is 15.6 Å². The third-order valence-electron chi connectivity index (χ3n) is 17.6. The van der Waals surface area contributed by atoms with Crippen LogP contribution in [0.2, 0.25) is 0 Å². The Hall–Kier alpha value is -1.94. The average Bonchev–Trinajstić information content (AvgIpc) is 1.42. The molecule has 19 heteroatoms. The van der Waals surface area contributed by atoms with Crippen LogP contribution in [0.4, 0.5) is 0 Å². The zero-order chi connectivity index (χ0) is 70.1. The number of aliphatic hydroxyl groups excluding tert-OH is 1. The van der Waals surface area contributed by atoms with Crippen molar-refractivity contribution >= 4 is 39.5 Å². The number of phosphoric acid groups is 2. The highest BCUT2D eigenvalue weighted by Gasteiger charge is 2.30. The molecule has 0 saturated carbocycles. The Labute approximate surface area is 581 Å². The molecular weight excluding hydrogens is 1250 g/mol. The van der Waals surface area contributed by atoms with E-state index < -0.39 is 97.5 Å². The molecule has 0 saturated heterocycles. The van der Waals surface area contributed by atoms with Crippen molar-refractivity contribution in [3.05, 3.63) is 0 Å². The largest absolute Gasteiger partial charge is 0.472 e. The summed E-state index contributed by atoms with van der Waals surface area (Å²) in [7, 11) is -9.91. The molecule has 0 heterocycles. The minimum atomic E-state index is -4.96. The monoisotopic (exact) mass is 1400 g/mol. The van der Waals surface area contributed by atoms with Crippen LogP contribution in [-0.4, -0.2) is 96.7 Å². The second-order valence-electron chi connectivity index (χ2n) is 28.8. The van der Waals surface area contributed by atoms with Crippen LogP contribution < -0.4 is 0 Å². The van der Waals surface area contributed by atoms with Crippen molar-refractivity contribution in [1.29, 1.82) is 0 Å². The second-order valence-corrected chi connectivity index (χ2v) is 31.7. The predicted molar refractivity (Wildman–Crippen MR) is 386 cm³/mol. The lowest BCUT2D eigenvalue weighted by molar-refractivity contribution is -0.161. The molecule has 0 aromatic heterocycles. The first-order valence-electron chi connectivity index (χ1n) is 39.3. The fraction of sp³-hybridized carbons (Fsp3) is 0.947. The minimum Gasteiger partial charge on any atom is -0.462 e. The van der Waals surface area contributed by atoms with Crippen LogP contribution in [0.5, 0.6) is 0 Å². The smallest absolute Gasteiger partial charge is 0.462 e. The first-order chi connectivity index (χ1) is 45.7. The molecule has 0 aromatic carbocycles. The molecule has 0 aliphatic heterocycles. The molecule has 5 atom stereocenters. The van der Waals surface area contributed by atoms with Crippen LogP contribution in [0.1, 0.15) is 389 Å². The van der Waals surface area contributed by atoms with E-state index in [0.717, 1.165) is 108 Å². The number of hydrogen-bond donors (Lipinski definition) is 3. The van der Waals surface area contributed by atoms with E-state index in [1.165, 1.54) is 199 Å². The molecule has 2 unspecified atom stereocenters. The van der Waals surface area contributed by atoms with Crippen LogP contribution in [0.15, 0.2) is 0 Å². The van der Waals surface area contributed by atoms with Gasteiger partial charge in [-0.1, -0.05) is 337 Å². The van der Waals surface area contributed by atoms with Gasteiger partial charge in [-0.2, -0.15) is 0 Å². The number of carbonyl (C=O) groups excluding carboxylic acids is 4. The Morgan fingerprint density at radius 3 is 0.716 bits per heavy atom. The summed E-state index contributed by atoms with van der Waals surface area (Å²) in [5.41, 5.74) is 0. The topological polar surface area (TPSA) is 237 Å². The Morgan fingerprint density at radius 2 is 0.484 bits per heavy atom. The molecule has 0 radical (unpaired) electrons. The maximum atomic E-state index is 13.1. The van der Waals surface area contributed by atoms with Gasteiger partial charge in [0.1, 0.15) is 19.3 Å². The summed E-state index contributed by atoms with van der Waals surface area (Å²) < 4.78 is 68.6. The fourth-order valence-corrected chi connectivity index (χ4v) is 13.2. The third-order valence-corrected chi connectivity index (χ3v) is 19.5. The number of aliphatic hydroxyl groups is 1. The molecule has 564 valence electrons. The first kappa shape index (κ1) is 93.1. The van der Waals surface area contributed by atoms with Gasteiger partial charge in [0.15, 0.2) is 12.2 Å². The van der Waals surface area contributed by atoms with Crippen molar-refractivity contribution < 1.29 is 80.2 Å². The Bertz CT molecular complexity index is 1850. The van der Waals surface area contributed by atoms with Gasteiger partial charge in [0, 0.05) is 25.7 Å². The van der Waals surface area contributed by atoms with Crippen molar-refractivity contribution in [3.8, 4) is 0 Å². The summed E-state index contributed by atoms with van der Waals surface area (Å²) in [6.07, 6.45) is 52.7. The second kappa shape index (κ2) is 66.6. The molecular formula is C76H148O17P2. The van der Waals surface area contributed by atoms with Gasteiger partial charge in [-0.05, 0) is 43.4 Å². The molecule has 0 aliphatic rings. The van der Waals surface area contributed by atoms with E-state index in [9.17, 15) is 43.2 Å². The summed E-state index contributed by atoms with van der Waals surface area (Å²) in [6, 6.07) is 0. The molecule has 0 spiro atoms. The highest BCUT2D eigenvalue weighted by atomic mass is 31.2. The number of esters is 4. The van der Waals surface area contributed by atoms with Crippen molar-refractivity contribution in [2.24, 2.45) is 17.8 Å². The quantitative estimate of drug-likeness (QED) is 0.0222. The number of carbonyl (C=O) groups is 4. The fourth-order valence-electron chi connectivity index (χ4n) is 11.6. The van der Waals surface area contributed by atoms with E-state index in [0.29, 0.717) is 25.7 Å². The summed E-state index contributed by atoms with van der Waals surface area (Å²) in [5.74, 6) is 0.150. The normalized spacial score (nSPS) is 14.1. The van der Waals surface area contributed by atoms with Crippen LogP contribution in [0, 0.1) is 17.8 Å². The number of phosphoric ester groups is 2. The number of hydrogen-bond acceptors (Lipinski definition) is 15. The van der Waals surface area contributed by atoms with Gasteiger partial charge < -0.3 is 33.8 Å². The molecule has 0 amide bonds. The number of ether oxygens (including phenoxy) is 4. The molecule has 0 rings (SSSR count). The van der Waals surface area contributed by atoms with Crippen molar-refractivity contribution in [2.45, 2.75) is 407 Å². The maximum Gasteiger partial charge on any atom is 0.472 e. The van der Waals surface area contributed by atoms with Crippen LogP contribution in [0.25, 0.3) is 0 Å². The van der Waals surface area contributed by atoms with E-state index in [-0.39, 0.29) is 25.7 Å². The number of rotatable bonds is 74. The predicted octanol–water partition coefficient (Wildman–Crippen LogP) is 22.2. The van der Waals surface area contributed by atoms with Gasteiger partial charge in [0.25, 0.3) is 0 Å². The zero-order valence-electron chi connectivity index (χ0n) is 62.1. The Kier molecular flexibility index (Phi) is 65.2. The Morgan fingerprint density at radius 1 is 0.284 bits per heavy atom. The number of unbranched alkanes of at least 4 members (excludes halogenated alkanes) is 42. The lowest BCUT2D eigenvalue weighted by atomic mass is 10.0. The molecule has 0 bridgehead atoms. The van der Waals surface area contributed by atoms with E-state index in [1.807, 2.05) is 0 Å². The summed E-state index contributed by atoms with van der Waals surface area (Å²) in [5, 5.41) is 10.6. The highest BCUT2D eigenvalue weighted by molar-refractivity contribution is 7.47. The molecule has 0 aromatic rings. The highest BCUT2D eigenvalue weighted by Crippen LogP contribution is 2.45. The lowest BCUT2D eigenvalue weighted by Crippen LogP contribution is -2.30. The van der Waals surface area contributed by atoms with E-state index in [1.54, 1.807) is 0 Å². The van der Waals surface area contributed by atoms with E-state index in [2.05, 4.69) is 48.5 Å². The van der Waals surface area contributed by atoms with Gasteiger partial charge in [-0.3, -0.25) is 37.3 Å². The molecule has 17 nitrogen and oxygen atoms in total. The van der Waals surface area contributed by atoms with Crippen molar-refractivity contribution in [2.75, 3.05) is 39.6 Å². The molecule has 3 N–H and O–H groups in total. The maximum absolute atomic E-state index is 13.1. The van der Waals surface area contributed by atoms with Gasteiger partial charge in [0.05, 0.1) is 26.4 Å². The first-order valence-corrected chi connectivity index (χ1v) is 42.3.